The molecule has 1 unspecified atom stereocenters. The van der Waals surface area contributed by atoms with E-state index in [1.807, 2.05) is 0 Å². The van der Waals surface area contributed by atoms with E-state index in [4.69, 9.17) is 9.47 Å². The zero-order valence-corrected chi connectivity index (χ0v) is 15.8. The molecule has 1 aromatic carbocycles. The number of ether oxygens (including phenoxy) is 2. The Morgan fingerprint density at radius 2 is 1.68 bits per heavy atom. The first kappa shape index (κ1) is 17.5. The molecule has 1 aliphatic heterocycles. The van der Waals surface area contributed by atoms with Crippen LogP contribution in [0.15, 0.2) is 24.3 Å². The lowest BCUT2D eigenvalue weighted by Gasteiger charge is -2.54. The molecule has 0 aromatic heterocycles. The van der Waals surface area contributed by atoms with E-state index in [-0.39, 0.29) is 6.10 Å². The van der Waals surface area contributed by atoms with E-state index < -0.39 is 0 Å². The monoisotopic (exact) mass is 341 g/mol. The third-order valence-electron chi connectivity index (χ3n) is 7.34. The summed E-state index contributed by atoms with van der Waals surface area (Å²) >= 11 is 0. The molecular weight excluding hydrogens is 308 g/mol. The van der Waals surface area contributed by atoms with Crippen LogP contribution in [0.25, 0.3) is 0 Å². The summed E-state index contributed by atoms with van der Waals surface area (Å²) in [7, 11) is 0. The topological polar surface area (TPSA) is 18.5 Å². The zero-order chi connectivity index (χ0) is 17.2. The van der Waals surface area contributed by atoms with E-state index in [0.717, 1.165) is 0 Å². The number of fused-ring (bicyclic) bond motifs is 3. The average molecular weight is 342 g/mol. The van der Waals surface area contributed by atoms with E-state index in [1.54, 1.807) is 12.2 Å². The Bertz CT molecular complexity index is 531. The fourth-order valence-electron chi connectivity index (χ4n) is 5.47. The van der Waals surface area contributed by atoms with Gasteiger partial charge in [-0.15, -0.1) is 0 Å². The Morgan fingerprint density at radius 3 is 2.28 bits per heavy atom. The molecule has 1 atom stereocenters. The molecule has 1 heterocycles. The minimum Gasteiger partial charge on any atom is -0.370 e. The van der Waals surface area contributed by atoms with Crippen LogP contribution in [0.1, 0.15) is 88.4 Å². The van der Waals surface area contributed by atoms with Crippen LogP contribution in [0.4, 0.5) is 0 Å². The number of rotatable bonds is 6. The fraction of sp³-hybridized carbons (Fsp3) is 0.696. The molecule has 0 spiro atoms. The van der Waals surface area contributed by atoms with Crippen molar-refractivity contribution in [3.05, 3.63) is 42.0 Å². The first-order chi connectivity index (χ1) is 12.3. The van der Waals surface area contributed by atoms with Crippen molar-refractivity contribution >= 4 is 0 Å². The highest BCUT2D eigenvalue weighted by Crippen LogP contribution is 2.59. The van der Waals surface area contributed by atoms with Crippen LogP contribution < -0.4 is 0 Å². The van der Waals surface area contributed by atoms with E-state index in [9.17, 15) is 0 Å². The second-order valence-electron chi connectivity index (χ2n) is 8.68. The molecule has 1 aromatic rings. The van der Waals surface area contributed by atoms with Crippen molar-refractivity contribution in [2.45, 2.75) is 82.7 Å². The molecule has 0 amide bonds. The van der Waals surface area contributed by atoms with Crippen molar-refractivity contribution in [3.63, 3.8) is 0 Å². The lowest BCUT2D eigenvalue weighted by molar-refractivity contribution is -0.0578. The lowest BCUT2D eigenvalue weighted by atomic mass is 9.51. The molecule has 25 heavy (non-hydrogen) atoms. The van der Waals surface area contributed by atoms with Crippen molar-refractivity contribution in [1.29, 1.82) is 0 Å². The van der Waals surface area contributed by atoms with Gasteiger partial charge in [0, 0.05) is 0 Å². The molecular formula is C23H33O2. The maximum atomic E-state index is 5.79. The van der Waals surface area contributed by atoms with Crippen molar-refractivity contribution in [3.8, 4) is 0 Å². The molecule has 2 bridgehead atoms. The highest BCUT2D eigenvalue weighted by atomic mass is 16.6. The van der Waals surface area contributed by atoms with Gasteiger partial charge in [0.05, 0.1) is 13.2 Å². The van der Waals surface area contributed by atoms with Gasteiger partial charge in [0.2, 0.25) is 0 Å². The predicted octanol–water partition coefficient (Wildman–Crippen LogP) is 6.11. The first-order valence-electron chi connectivity index (χ1n) is 10.4. The van der Waals surface area contributed by atoms with Crippen LogP contribution in [0, 0.1) is 12.0 Å². The quantitative estimate of drug-likeness (QED) is 0.581. The first-order valence-corrected chi connectivity index (χ1v) is 10.4. The van der Waals surface area contributed by atoms with Gasteiger partial charge in [-0.1, -0.05) is 50.5 Å². The van der Waals surface area contributed by atoms with Crippen molar-refractivity contribution in [2.24, 2.45) is 5.41 Å². The molecule has 1 radical (unpaired) electrons. The van der Waals surface area contributed by atoms with Gasteiger partial charge < -0.3 is 9.47 Å². The molecule has 5 rings (SSSR count). The second-order valence-corrected chi connectivity index (χ2v) is 8.68. The summed E-state index contributed by atoms with van der Waals surface area (Å²) in [6.45, 7) is 5.30. The molecule has 137 valence electrons. The van der Waals surface area contributed by atoms with Crippen LogP contribution in [0.2, 0.25) is 0 Å². The number of hydrogen-bond acceptors (Lipinski definition) is 2. The van der Waals surface area contributed by atoms with Crippen molar-refractivity contribution in [2.75, 3.05) is 13.2 Å². The third kappa shape index (κ3) is 3.53. The fourth-order valence-corrected chi connectivity index (χ4v) is 5.47. The Kier molecular flexibility index (Phi) is 5.20. The molecule has 2 nitrogen and oxygen atoms in total. The summed E-state index contributed by atoms with van der Waals surface area (Å²) in [5.41, 5.74) is 3.98. The SMILES string of the molecule is CCCCCC12CCC(c3ccc(C4CO[CH]CO4)cc3)(CC1)CC2. The maximum absolute atomic E-state index is 5.79. The van der Waals surface area contributed by atoms with Gasteiger partial charge in [0.25, 0.3) is 0 Å². The van der Waals surface area contributed by atoms with Crippen LogP contribution in [-0.4, -0.2) is 13.2 Å². The summed E-state index contributed by atoms with van der Waals surface area (Å²) in [6.07, 6.45) is 14.3. The van der Waals surface area contributed by atoms with E-state index in [1.165, 1.54) is 69.8 Å². The Morgan fingerprint density at radius 1 is 0.960 bits per heavy atom. The van der Waals surface area contributed by atoms with Gasteiger partial charge in [-0.3, -0.25) is 0 Å². The average Bonchev–Trinajstić information content (AvgIpc) is 2.70. The maximum Gasteiger partial charge on any atom is 0.109 e. The van der Waals surface area contributed by atoms with Gasteiger partial charge in [-0.05, 0) is 66.9 Å². The summed E-state index contributed by atoms with van der Waals surface area (Å²) in [5, 5.41) is 0. The standard InChI is InChI=1S/C23H33O2/c1-2-3-4-9-22-10-13-23(14-11-22,15-12-22)20-7-5-19(6-8-20)21-18-24-16-17-25-21/h5-8,16,21H,2-4,9-15,17-18H2,1H3. The molecule has 2 heteroatoms. The summed E-state index contributed by atoms with van der Waals surface area (Å²) in [4.78, 5) is 0. The van der Waals surface area contributed by atoms with E-state index in [0.29, 0.717) is 24.0 Å². The smallest absolute Gasteiger partial charge is 0.109 e. The normalized spacial score (nSPS) is 35.0. The third-order valence-corrected chi connectivity index (χ3v) is 7.34. The molecule has 0 N–H and O–H groups in total. The van der Waals surface area contributed by atoms with Crippen LogP contribution in [0.3, 0.4) is 0 Å². The highest BCUT2D eigenvalue weighted by Gasteiger charge is 2.48. The zero-order valence-electron chi connectivity index (χ0n) is 15.8. The minimum atomic E-state index is 0.0977. The highest BCUT2D eigenvalue weighted by molar-refractivity contribution is 5.32. The largest absolute Gasteiger partial charge is 0.370 e. The van der Waals surface area contributed by atoms with Crippen LogP contribution >= 0.6 is 0 Å². The number of hydrogen-bond donors (Lipinski definition) is 0. The van der Waals surface area contributed by atoms with E-state index in [2.05, 4.69) is 31.2 Å². The van der Waals surface area contributed by atoms with Gasteiger partial charge in [-0.25, -0.2) is 0 Å². The van der Waals surface area contributed by atoms with Gasteiger partial charge in [0.1, 0.15) is 12.7 Å². The number of unbranched alkanes of at least 4 members (excludes halogenated alkanes) is 2. The molecule has 4 fully saturated rings. The van der Waals surface area contributed by atoms with Crippen LogP contribution in [0.5, 0.6) is 0 Å². The second kappa shape index (κ2) is 7.40. The summed E-state index contributed by atoms with van der Waals surface area (Å²) in [6, 6.07) is 9.32. The number of benzene rings is 1. The molecule has 1 saturated heterocycles. The Balaban J connectivity index is 1.41. The molecule has 3 saturated carbocycles. The molecule has 4 aliphatic rings. The van der Waals surface area contributed by atoms with Crippen LogP contribution in [-0.2, 0) is 14.9 Å². The van der Waals surface area contributed by atoms with Gasteiger partial charge >= 0.3 is 0 Å². The Hall–Kier alpha value is -0.860. The summed E-state index contributed by atoms with van der Waals surface area (Å²) < 4.78 is 11.2. The predicted molar refractivity (Wildman–Crippen MR) is 101 cm³/mol. The van der Waals surface area contributed by atoms with Crippen molar-refractivity contribution in [1.82, 2.24) is 0 Å². The molecule has 3 aliphatic carbocycles. The van der Waals surface area contributed by atoms with Gasteiger partial charge in [0.15, 0.2) is 0 Å². The van der Waals surface area contributed by atoms with E-state index >= 15 is 0 Å². The minimum absolute atomic E-state index is 0.0977. The Labute approximate surface area is 153 Å². The van der Waals surface area contributed by atoms with Gasteiger partial charge in [-0.2, -0.15) is 0 Å². The van der Waals surface area contributed by atoms with Crippen molar-refractivity contribution < 1.29 is 9.47 Å². The summed E-state index contributed by atoms with van der Waals surface area (Å²) in [5.74, 6) is 0. The lowest BCUT2D eigenvalue weighted by Crippen LogP contribution is -2.44.